The van der Waals surface area contributed by atoms with E-state index in [1.807, 2.05) is 31.5 Å². The third-order valence-corrected chi connectivity index (χ3v) is 5.13. The standard InChI is InChI=1S/C20H20Cl2FN3.C2H6/c1-3-14(11-13-5-4-6-16(23)9-7-13)19-24-25-20(26(19)2)17-12-15(21)8-10-18(17)22;1-2/h5-10,12,14H,3-4,11H2,1-2H3;1-2H3. The maximum atomic E-state index is 13.4. The summed E-state index contributed by atoms with van der Waals surface area (Å²) in [5, 5.41) is 9.94. The number of allylic oxidation sites excluding steroid dienone is 6. The molecule has 1 unspecified atom stereocenters. The summed E-state index contributed by atoms with van der Waals surface area (Å²) in [6, 6.07) is 5.30. The van der Waals surface area contributed by atoms with Crippen LogP contribution in [0.15, 0.2) is 53.9 Å². The Morgan fingerprint density at radius 2 is 1.89 bits per heavy atom. The predicted molar refractivity (Wildman–Crippen MR) is 116 cm³/mol. The molecule has 1 aromatic carbocycles. The maximum absolute atomic E-state index is 13.4. The molecule has 0 fully saturated rings. The average Bonchev–Trinajstić information content (AvgIpc) is 2.95. The molecule has 3 nitrogen and oxygen atoms in total. The van der Waals surface area contributed by atoms with Crippen molar-refractivity contribution >= 4 is 23.2 Å². The summed E-state index contributed by atoms with van der Waals surface area (Å²) in [6.07, 6.45) is 9.27. The molecular weight excluding hydrogens is 396 g/mol. The molecule has 1 aliphatic carbocycles. The zero-order valence-corrected chi connectivity index (χ0v) is 18.2. The molecule has 0 amide bonds. The Morgan fingerprint density at radius 1 is 1.14 bits per heavy atom. The molecule has 1 heterocycles. The molecule has 0 saturated heterocycles. The van der Waals surface area contributed by atoms with Crippen molar-refractivity contribution in [3.05, 3.63) is 69.8 Å². The van der Waals surface area contributed by atoms with Crippen molar-refractivity contribution in [1.29, 1.82) is 0 Å². The van der Waals surface area contributed by atoms with Gasteiger partial charge in [-0.3, -0.25) is 0 Å². The smallest absolute Gasteiger partial charge is 0.165 e. The van der Waals surface area contributed by atoms with Crippen LogP contribution in [0.2, 0.25) is 10.0 Å². The lowest BCUT2D eigenvalue weighted by molar-refractivity contribution is 0.591. The Bertz CT molecular complexity index is 897. The Hall–Kier alpha value is -1.91. The van der Waals surface area contributed by atoms with Gasteiger partial charge in [-0.2, -0.15) is 0 Å². The molecule has 28 heavy (non-hydrogen) atoms. The number of benzene rings is 1. The van der Waals surface area contributed by atoms with Crippen LogP contribution in [-0.4, -0.2) is 14.8 Å². The van der Waals surface area contributed by atoms with E-state index >= 15 is 0 Å². The molecule has 150 valence electrons. The molecular formula is C22H26Cl2FN3. The molecule has 0 spiro atoms. The quantitative estimate of drug-likeness (QED) is 0.501. The number of nitrogens with zero attached hydrogens (tertiary/aromatic N) is 3. The van der Waals surface area contributed by atoms with Gasteiger partial charge in [0, 0.05) is 23.6 Å². The molecule has 6 heteroatoms. The van der Waals surface area contributed by atoms with Gasteiger partial charge >= 0.3 is 0 Å². The third-order valence-electron chi connectivity index (χ3n) is 4.57. The van der Waals surface area contributed by atoms with E-state index in [2.05, 4.69) is 23.2 Å². The largest absolute Gasteiger partial charge is 0.314 e. The minimum Gasteiger partial charge on any atom is -0.314 e. The van der Waals surface area contributed by atoms with E-state index in [1.165, 1.54) is 6.08 Å². The molecule has 0 saturated carbocycles. The molecule has 1 aromatic heterocycles. The summed E-state index contributed by atoms with van der Waals surface area (Å²) in [4.78, 5) is 0. The monoisotopic (exact) mass is 421 g/mol. The van der Waals surface area contributed by atoms with Gasteiger partial charge in [-0.25, -0.2) is 4.39 Å². The highest BCUT2D eigenvalue weighted by atomic mass is 35.5. The fourth-order valence-electron chi connectivity index (χ4n) is 3.10. The third kappa shape index (κ3) is 5.33. The topological polar surface area (TPSA) is 30.7 Å². The van der Waals surface area contributed by atoms with Crippen LogP contribution in [0.4, 0.5) is 4.39 Å². The number of aromatic nitrogens is 3. The lowest BCUT2D eigenvalue weighted by atomic mass is 9.95. The number of hydrogen-bond donors (Lipinski definition) is 0. The zero-order chi connectivity index (χ0) is 20.7. The molecule has 0 aliphatic heterocycles. The zero-order valence-electron chi connectivity index (χ0n) is 16.7. The highest BCUT2D eigenvalue weighted by Crippen LogP contribution is 2.33. The normalized spacial score (nSPS) is 14.5. The van der Waals surface area contributed by atoms with Crippen LogP contribution < -0.4 is 0 Å². The van der Waals surface area contributed by atoms with Crippen LogP contribution >= 0.6 is 23.2 Å². The lowest BCUT2D eigenvalue weighted by Gasteiger charge is -2.15. The van der Waals surface area contributed by atoms with E-state index in [0.29, 0.717) is 22.3 Å². The summed E-state index contributed by atoms with van der Waals surface area (Å²) in [6.45, 7) is 6.12. The first-order chi connectivity index (χ1) is 13.5. The van der Waals surface area contributed by atoms with E-state index in [9.17, 15) is 4.39 Å². The van der Waals surface area contributed by atoms with Gasteiger partial charge in [0.2, 0.25) is 0 Å². The maximum Gasteiger partial charge on any atom is 0.165 e. The van der Waals surface area contributed by atoms with Crippen molar-refractivity contribution in [3.8, 4) is 11.4 Å². The summed E-state index contributed by atoms with van der Waals surface area (Å²) in [7, 11) is 1.93. The first kappa shape index (κ1) is 22.4. The summed E-state index contributed by atoms with van der Waals surface area (Å²) >= 11 is 12.4. The van der Waals surface area contributed by atoms with Crippen molar-refractivity contribution in [2.24, 2.45) is 7.05 Å². The van der Waals surface area contributed by atoms with Gasteiger partial charge < -0.3 is 4.57 Å². The first-order valence-electron chi connectivity index (χ1n) is 9.57. The van der Waals surface area contributed by atoms with Crippen LogP contribution in [0.3, 0.4) is 0 Å². The van der Waals surface area contributed by atoms with Gasteiger partial charge in [0.1, 0.15) is 11.7 Å². The van der Waals surface area contributed by atoms with Crippen molar-refractivity contribution in [2.75, 3.05) is 0 Å². The Kier molecular flexibility index (Phi) is 8.46. The van der Waals surface area contributed by atoms with Gasteiger partial charge in [-0.15, -0.1) is 10.2 Å². The highest BCUT2D eigenvalue weighted by molar-refractivity contribution is 6.35. The number of halogens is 3. The SMILES string of the molecule is CC.CCC(CC1=CCC=C(F)C=C1)c1nnc(-c2cc(Cl)ccc2Cl)n1C. The van der Waals surface area contributed by atoms with Gasteiger partial charge in [-0.05, 0) is 49.6 Å². The van der Waals surface area contributed by atoms with Crippen LogP contribution in [0.5, 0.6) is 0 Å². The van der Waals surface area contributed by atoms with E-state index < -0.39 is 0 Å². The summed E-state index contributed by atoms with van der Waals surface area (Å²) < 4.78 is 15.3. The molecule has 2 aromatic rings. The van der Waals surface area contributed by atoms with Crippen molar-refractivity contribution in [3.63, 3.8) is 0 Å². The van der Waals surface area contributed by atoms with Crippen molar-refractivity contribution < 1.29 is 4.39 Å². The number of hydrogen-bond acceptors (Lipinski definition) is 2. The van der Waals surface area contributed by atoms with Gasteiger partial charge in [0.05, 0.1) is 5.02 Å². The fourth-order valence-corrected chi connectivity index (χ4v) is 3.47. The van der Waals surface area contributed by atoms with Crippen molar-refractivity contribution in [2.45, 2.75) is 46.0 Å². The van der Waals surface area contributed by atoms with Crippen LogP contribution in [0, 0.1) is 0 Å². The molecule has 1 aliphatic rings. The fraction of sp³-hybridized carbons (Fsp3) is 0.364. The van der Waals surface area contributed by atoms with Crippen molar-refractivity contribution in [1.82, 2.24) is 14.8 Å². The Balaban J connectivity index is 0.00000136. The molecule has 0 bridgehead atoms. The van der Waals surface area contributed by atoms with Crippen LogP contribution in [-0.2, 0) is 7.05 Å². The highest BCUT2D eigenvalue weighted by Gasteiger charge is 2.21. The first-order valence-corrected chi connectivity index (χ1v) is 10.3. The Morgan fingerprint density at radius 3 is 2.61 bits per heavy atom. The predicted octanol–water partition coefficient (Wildman–Crippen LogP) is 7.44. The van der Waals surface area contributed by atoms with E-state index in [0.717, 1.165) is 29.8 Å². The average molecular weight is 422 g/mol. The van der Waals surface area contributed by atoms with Crippen LogP contribution in [0.25, 0.3) is 11.4 Å². The van der Waals surface area contributed by atoms with Gasteiger partial charge in [0.15, 0.2) is 5.82 Å². The summed E-state index contributed by atoms with van der Waals surface area (Å²) in [5.74, 6) is 1.55. The molecule has 0 radical (unpaired) electrons. The number of rotatable bonds is 5. The minimum absolute atomic E-state index is 0.177. The second-order valence-electron chi connectivity index (χ2n) is 6.31. The summed E-state index contributed by atoms with van der Waals surface area (Å²) in [5.41, 5.74) is 1.86. The second-order valence-corrected chi connectivity index (χ2v) is 7.16. The van der Waals surface area contributed by atoms with Gasteiger partial charge in [0.25, 0.3) is 0 Å². The van der Waals surface area contributed by atoms with Crippen LogP contribution in [0.1, 0.15) is 51.8 Å². The molecule has 1 atom stereocenters. The second kappa shape index (κ2) is 10.6. The molecule has 0 N–H and O–H groups in total. The van der Waals surface area contributed by atoms with E-state index in [-0.39, 0.29) is 11.7 Å². The lowest BCUT2D eigenvalue weighted by Crippen LogP contribution is -2.07. The van der Waals surface area contributed by atoms with E-state index in [4.69, 9.17) is 23.2 Å². The van der Waals surface area contributed by atoms with Gasteiger partial charge in [-0.1, -0.05) is 61.7 Å². The minimum atomic E-state index is -0.194. The van der Waals surface area contributed by atoms with E-state index in [1.54, 1.807) is 24.3 Å². The Labute approximate surface area is 176 Å². The molecule has 3 rings (SSSR count).